The van der Waals surface area contributed by atoms with E-state index in [0.717, 1.165) is 27.7 Å². The van der Waals surface area contributed by atoms with Gasteiger partial charge in [0.1, 0.15) is 11.4 Å². The second kappa shape index (κ2) is 6.82. The van der Waals surface area contributed by atoms with Gasteiger partial charge in [0.05, 0.1) is 5.54 Å². The molecule has 0 aliphatic carbocycles. The summed E-state index contributed by atoms with van der Waals surface area (Å²) in [7, 11) is 0. The highest BCUT2D eigenvalue weighted by Gasteiger charge is 2.37. The van der Waals surface area contributed by atoms with E-state index >= 15 is 0 Å². The molecule has 1 aromatic heterocycles. The lowest BCUT2D eigenvalue weighted by molar-refractivity contribution is 0.0338. The first-order valence-corrected chi connectivity index (χ1v) is 9.15. The average Bonchev–Trinajstić information content (AvgIpc) is 3.01. The maximum Gasteiger partial charge on any atom is 0.288 e. The van der Waals surface area contributed by atoms with Crippen LogP contribution in [-0.4, -0.2) is 19.1 Å². The number of furan rings is 1. The molecule has 0 saturated carbocycles. The molecule has 2 heterocycles. The summed E-state index contributed by atoms with van der Waals surface area (Å²) in [6.45, 7) is 4.94. The number of halogens is 1. The van der Waals surface area contributed by atoms with Gasteiger partial charge in [0.2, 0.25) is 0 Å². The van der Waals surface area contributed by atoms with Crippen LogP contribution in [0.2, 0.25) is 0 Å². The molecule has 1 fully saturated rings. The minimum absolute atomic E-state index is 0.255. The molecular formula is C22H22FNO3. The van der Waals surface area contributed by atoms with E-state index in [9.17, 15) is 9.18 Å². The van der Waals surface area contributed by atoms with Crippen molar-refractivity contribution in [3.63, 3.8) is 0 Å². The number of nitrogens with one attached hydrogen (secondary N) is 1. The highest BCUT2D eigenvalue weighted by molar-refractivity contribution is 5.99. The van der Waals surface area contributed by atoms with Crippen molar-refractivity contribution in [2.75, 3.05) is 13.2 Å². The Morgan fingerprint density at radius 2 is 1.78 bits per heavy atom. The van der Waals surface area contributed by atoms with Gasteiger partial charge < -0.3 is 14.5 Å². The van der Waals surface area contributed by atoms with Gasteiger partial charge in [-0.15, -0.1) is 0 Å². The normalized spacial score (nSPS) is 16.4. The Balaban J connectivity index is 1.71. The number of fused-ring (bicyclic) bond motifs is 1. The van der Waals surface area contributed by atoms with Gasteiger partial charge >= 0.3 is 0 Å². The lowest BCUT2D eigenvalue weighted by atomic mass is 9.82. The van der Waals surface area contributed by atoms with E-state index in [4.69, 9.17) is 9.15 Å². The summed E-state index contributed by atoms with van der Waals surface area (Å²) in [6.07, 6.45) is 1.26. The first-order valence-electron chi connectivity index (χ1n) is 9.15. The molecule has 1 saturated heterocycles. The number of amides is 1. The van der Waals surface area contributed by atoms with Crippen LogP contribution in [0.1, 0.15) is 40.1 Å². The molecule has 5 heteroatoms. The molecule has 0 atom stereocenters. The molecule has 2 aromatic carbocycles. The Hall–Kier alpha value is -2.66. The molecule has 27 heavy (non-hydrogen) atoms. The number of para-hydroxylation sites is 1. The zero-order valence-corrected chi connectivity index (χ0v) is 15.5. The molecular weight excluding hydrogens is 345 g/mol. The number of aryl methyl sites for hydroxylation is 2. The Labute approximate surface area is 157 Å². The second-order valence-corrected chi connectivity index (χ2v) is 7.16. The highest BCUT2D eigenvalue weighted by Crippen LogP contribution is 2.34. The van der Waals surface area contributed by atoms with Crippen LogP contribution in [0, 0.1) is 19.7 Å². The van der Waals surface area contributed by atoms with E-state index in [1.807, 2.05) is 32.0 Å². The van der Waals surface area contributed by atoms with E-state index in [0.29, 0.717) is 31.8 Å². The number of hydrogen-bond donors (Lipinski definition) is 1. The molecule has 140 valence electrons. The minimum atomic E-state index is -0.594. The third kappa shape index (κ3) is 3.12. The van der Waals surface area contributed by atoms with Crippen LogP contribution < -0.4 is 5.32 Å². The molecule has 0 unspecified atom stereocenters. The predicted octanol–water partition coefficient (Wildman–Crippen LogP) is 4.62. The van der Waals surface area contributed by atoms with Gasteiger partial charge in [-0.05, 0) is 49.9 Å². The summed E-state index contributed by atoms with van der Waals surface area (Å²) in [6, 6.07) is 12.2. The van der Waals surface area contributed by atoms with E-state index in [2.05, 4.69) is 5.32 Å². The number of carbonyl (C=O) groups excluding carboxylic acids is 1. The summed E-state index contributed by atoms with van der Waals surface area (Å²) in [5.74, 6) is -0.225. The number of benzene rings is 2. The van der Waals surface area contributed by atoms with Crippen molar-refractivity contribution in [3.8, 4) is 0 Å². The highest BCUT2D eigenvalue weighted by atomic mass is 19.1. The van der Waals surface area contributed by atoms with Crippen molar-refractivity contribution in [3.05, 3.63) is 70.7 Å². The van der Waals surface area contributed by atoms with Crippen LogP contribution in [0.5, 0.6) is 0 Å². The monoisotopic (exact) mass is 367 g/mol. The Kier molecular flexibility index (Phi) is 4.48. The first kappa shape index (κ1) is 17.7. The molecule has 3 aromatic rings. The summed E-state index contributed by atoms with van der Waals surface area (Å²) < 4.78 is 24.8. The van der Waals surface area contributed by atoms with Crippen molar-refractivity contribution in [2.24, 2.45) is 0 Å². The van der Waals surface area contributed by atoms with Gasteiger partial charge in [0, 0.05) is 24.2 Å². The molecule has 1 aliphatic rings. The Bertz CT molecular complexity index is 985. The zero-order chi connectivity index (χ0) is 19.0. The van der Waals surface area contributed by atoms with Crippen molar-refractivity contribution < 1.29 is 18.3 Å². The molecule has 1 N–H and O–H groups in total. The first-order chi connectivity index (χ1) is 13.0. The molecule has 4 nitrogen and oxygen atoms in total. The van der Waals surface area contributed by atoms with E-state index in [-0.39, 0.29) is 11.7 Å². The molecule has 0 bridgehead atoms. The lowest BCUT2D eigenvalue weighted by Crippen LogP contribution is -2.49. The third-order valence-corrected chi connectivity index (χ3v) is 5.46. The van der Waals surface area contributed by atoms with Gasteiger partial charge in [-0.2, -0.15) is 0 Å². The van der Waals surface area contributed by atoms with E-state index in [1.165, 1.54) is 12.1 Å². The molecule has 0 radical (unpaired) electrons. The summed E-state index contributed by atoms with van der Waals surface area (Å²) >= 11 is 0. The summed E-state index contributed by atoms with van der Waals surface area (Å²) in [5, 5.41) is 4.12. The summed E-state index contributed by atoms with van der Waals surface area (Å²) in [5.41, 5.74) is 2.85. The quantitative estimate of drug-likeness (QED) is 0.735. The average molecular weight is 367 g/mol. The fourth-order valence-corrected chi connectivity index (χ4v) is 3.85. The fraction of sp³-hybridized carbons (Fsp3) is 0.318. The second-order valence-electron chi connectivity index (χ2n) is 7.16. The Morgan fingerprint density at radius 3 is 2.44 bits per heavy atom. The molecule has 4 rings (SSSR count). The molecule has 1 amide bonds. The van der Waals surface area contributed by atoms with Gasteiger partial charge in [-0.25, -0.2) is 4.39 Å². The zero-order valence-electron chi connectivity index (χ0n) is 15.5. The smallest absolute Gasteiger partial charge is 0.288 e. The number of hydrogen-bond acceptors (Lipinski definition) is 3. The maximum atomic E-state index is 13.4. The van der Waals surface area contributed by atoms with Gasteiger partial charge in [-0.3, -0.25) is 4.79 Å². The van der Waals surface area contributed by atoms with Crippen LogP contribution in [0.15, 0.2) is 46.9 Å². The van der Waals surface area contributed by atoms with Gasteiger partial charge in [0.15, 0.2) is 5.76 Å². The number of rotatable bonds is 3. The van der Waals surface area contributed by atoms with E-state index < -0.39 is 5.54 Å². The summed E-state index contributed by atoms with van der Waals surface area (Å²) in [4.78, 5) is 13.1. The van der Waals surface area contributed by atoms with Crippen molar-refractivity contribution in [2.45, 2.75) is 32.2 Å². The van der Waals surface area contributed by atoms with Gasteiger partial charge in [0.25, 0.3) is 5.91 Å². The number of ether oxygens (including phenoxy) is 1. The maximum absolute atomic E-state index is 13.4. The van der Waals surface area contributed by atoms with Crippen molar-refractivity contribution in [1.82, 2.24) is 5.32 Å². The standard InChI is InChI=1S/C22H22FNO3/c1-14-4-3-5-18-15(2)20(27-19(14)18)21(25)24-22(10-12-26-13-11-22)16-6-8-17(23)9-7-16/h3-9H,10-13H2,1-2H3,(H,24,25). The predicted molar refractivity (Wildman–Crippen MR) is 101 cm³/mol. The van der Waals surface area contributed by atoms with Crippen LogP contribution in [0.25, 0.3) is 11.0 Å². The largest absolute Gasteiger partial charge is 0.450 e. The van der Waals surface area contributed by atoms with Gasteiger partial charge in [-0.1, -0.05) is 30.3 Å². The van der Waals surface area contributed by atoms with E-state index in [1.54, 1.807) is 12.1 Å². The minimum Gasteiger partial charge on any atom is -0.450 e. The topological polar surface area (TPSA) is 51.5 Å². The molecule has 0 spiro atoms. The van der Waals surface area contributed by atoms with Crippen molar-refractivity contribution in [1.29, 1.82) is 0 Å². The van der Waals surface area contributed by atoms with Crippen LogP contribution in [-0.2, 0) is 10.3 Å². The number of carbonyl (C=O) groups is 1. The lowest BCUT2D eigenvalue weighted by Gasteiger charge is -2.38. The third-order valence-electron chi connectivity index (χ3n) is 5.46. The van der Waals surface area contributed by atoms with Crippen LogP contribution >= 0.6 is 0 Å². The Morgan fingerprint density at radius 1 is 1.07 bits per heavy atom. The SMILES string of the molecule is Cc1c(C(=O)NC2(c3ccc(F)cc3)CCOCC2)oc2c(C)cccc12. The van der Waals surface area contributed by atoms with Crippen LogP contribution in [0.3, 0.4) is 0 Å². The van der Waals surface area contributed by atoms with Crippen LogP contribution in [0.4, 0.5) is 4.39 Å². The van der Waals surface area contributed by atoms with Crippen molar-refractivity contribution >= 4 is 16.9 Å². The molecule has 1 aliphatic heterocycles. The fourth-order valence-electron chi connectivity index (χ4n) is 3.85.